The van der Waals surface area contributed by atoms with Crippen molar-refractivity contribution in [1.29, 1.82) is 0 Å². The lowest BCUT2D eigenvalue weighted by atomic mass is 9.68. The number of hydrogen-bond acceptors (Lipinski definition) is 2. The van der Waals surface area contributed by atoms with Gasteiger partial charge in [-0.15, -0.1) is 11.3 Å². The van der Waals surface area contributed by atoms with E-state index in [0.717, 1.165) is 0 Å². The van der Waals surface area contributed by atoms with Gasteiger partial charge in [-0.05, 0) is 37.1 Å². The molecule has 1 saturated carbocycles. The molecule has 1 aromatic rings. The Morgan fingerprint density at radius 2 is 2.31 bits per heavy atom. The number of nitrogens with zero attached hydrogens (tertiary/aromatic N) is 1. The van der Waals surface area contributed by atoms with Crippen LogP contribution in [0.25, 0.3) is 0 Å². The molecular formula is C11H15NS. The first kappa shape index (κ1) is 8.01. The van der Waals surface area contributed by atoms with E-state index >= 15 is 0 Å². The molecule has 0 amide bonds. The minimum absolute atomic E-state index is 0.671. The second-order valence-electron chi connectivity index (χ2n) is 4.33. The minimum Gasteiger partial charge on any atom is -0.292 e. The van der Waals surface area contributed by atoms with Gasteiger partial charge in [0.1, 0.15) is 0 Å². The highest BCUT2D eigenvalue weighted by molar-refractivity contribution is 7.09. The predicted molar refractivity (Wildman–Crippen MR) is 55.9 cm³/mol. The van der Waals surface area contributed by atoms with Gasteiger partial charge >= 0.3 is 0 Å². The summed E-state index contributed by atoms with van der Waals surface area (Å²) in [6.45, 7) is 2.54. The Morgan fingerprint density at radius 1 is 1.38 bits per heavy atom. The van der Waals surface area contributed by atoms with Crippen LogP contribution in [-0.4, -0.2) is 17.0 Å². The largest absolute Gasteiger partial charge is 0.292 e. The summed E-state index contributed by atoms with van der Waals surface area (Å²) >= 11 is 1.89. The Labute approximate surface area is 83.4 Å². The van der Waals surface area contributed by atoms with Crippen molar-refractivity contribution < 1.29 is 0 Å². The number of hydrogen-bond donors (Lipinski definition) is 0. The van der Waals surface area contributed by atoms with Gasteiger partial charge in [-0.25, -0.2) is 0 Å². The first-order chi connectivity index (χ1) is 6.39. The third-order valence-corrected chi connectivity index (χ3v) is 4.59. The molecule has 0 aromatic carbocycles. The molecule has 2 aliphatic rings. The maximum Gasteiger partial charge on any atom is 0.0333 e. The van der Waals surface area contributed by atoms with Crippen molar-refractivity contribution in [3.05, 3.63) is 22.4 Å². The number of rotatable bonds is 2. The minimum atomic E-state index is 0.671. The van der Waals surface area contributed by atoms with Gasteiger partial charge in [-0.3, -0.25) is 4.90 Å². The van der Waals surface area contributed by atoms with Gasteiger partial charge in [-0.1, -0.05) is 6.07 Å². The van der Waals surface area contributed by atoms with Gasteiger partial charge in [-0.2, -0.15) is 0 Å². The summed E-state index contributed by atoms with van der Waals surface area (Å²) in [6, 6.07) is 4.42. The molecule has 2 heteroatoms. The summed E-state index contributed by atoms with van der Waals surface area (Å²) in [5.74, 6) is 0. The highest BCUT2D eigenvalue weighted by Crippen LogP contribution is 2.47. The third kappa shape index (κ3) is 1.16. The van der Waals surface area contributed by atoms with Crippen molar-refractivity contribution in [2.24, 2.45) is 0 Å². The lowest BCUT2D eigenvalue weighted by Crippen LogP contribution is -2.62. The Bertz CT molecular complexity index is 282. The Hall–Kier alpha value is -0.340. The van der Waals surface area contributed by atoms with Gasteiger partial charge in [0.05, 0.1) is 0 Å². The molecule has 0 N–H and O–H groups in total. The third-order valence-electron chi connectivity index (χ3n) is 3.73. The fraction of sp³-hybridized carbons (Fsp3) is 0.636. The van der Waals surface area contributed by atoms with Crippen molar-refractivity contribution in [1.82, 2.24) is 4.90 Å². The molecule has 1 aromatic heterocycles. The molecule has 2 fully saturated rings. The van der Waals surface area contributed by atoms with Gasteiger partial charge in [0.2, 0.25) is 0 Å². The van der Waals surface area contributed by atoms with Gasteiger partial charge in [0.15, 0.2) is 0 Å². The molecule has 0 atom stereocenters. The maximum absolute atomic E-state index is 2.68. The summed E-state index contributed by atoms with van der Waals surface area (Å²) in [6.07, 6.45) is 5.83. The van der Waals surface area contributed by atoms with Gasteiger partial charge in [0.25, 0.3) is 0 Å². The fourth-order valence-electron chi connectivity index (χ4n) is 2.57. The maximum atomic E-state index is 2.68. The van der Waals surface area contributed by atoms with E-state index in [1.54, 1.807) is 0 Å². The molecule has 0 unspecified atom stereocenters. The molecule has 3 rings (SSSR count). The monoisotopic (exact) mass is 193 g/mol. The van der Waals surface area contributed by atoms with Crippen LogP contribution in [0.4, 0.5) is 0 Å². The van der Waals surface area contributed by atoms with Crippen LogP contribution in [0.2, 0.25) is 0 Å². The van der Waals surface area contributed by atoms with Crippen molar-refractivity contribution in [3.8, 4) is 0 Å². The highest BCUT2D eigenvalue weighted by Gasteiger charge is 2.48. The summed E-state index contributed by atoms with van der Waals surface area (Å²) < 4.78 is 0. The molecule has 1 spiro atoms. The van der Waals surface area contributed by atoms with Crippen molar-refractivity contribution in [2.75, 3.05) is 6.54 Å². The van der Waals surface area contributed by atoms with E-state index in [4.69, 9.17) is 0 Å². The fourth-order valence-corrected chi connectivity index (χ4v) is 3.29. The molecule has 70 valence electrons. The van der Waals surface area contributed by atoms with Crippen LogP contribution in [-0.2, 0) is 6.54 Å². The first-order valence-electron chi connectivity index (χ1n) is 5.17. The second-order valence-corrected chi connectivity index (χ2v) is 5.36. The molecule has 1 nitrogen and oxygen atoms in total. The predicted octanol–water partition coefficient (Wildman–Crippen LogP) is 2.88. The van der Waals surface area contributed by atoms with E-state index in [9.17, 15) is 0 Å². The van der Waals surface area contributed by atoms with E-state index in [1.807, 2.05) is 11.3 Å². The van der Waals surface area contributed by atoms with E-state index in [1.165, 1.54) is 43.6 Å². The van der Waals surface area contributed by atoms with Crippen LogP contribution in [0.15, 0.2) is 17.5 Å². The standard InChI is InChI=1S/C11H15NS/c1-3-10(13-8-1)9-12-7-6-11(12)4-2-5-11/h1,3,8H,2,4-7,9H2. The molecule has 13 heavy (non-hydrogen) atoms. The van der Waals surface area contributed by atoms with Crippen LogP contribution in [0.5, 0.6) is 0 Å². The Balaban J connectivity index is 1.67. The van der Waals surface area contributed by atoms with Crippen LogP contribution in [0.1, 0.15) is 30.6 Å². The molecule has 1 aliphatic heterocycles. The second kappa shape index (κ2) is 2.82. The van der Waals surface area contributed by atoms with E-state index < -0.39 is 0 Å². The molecule has 2 heterocycles. The molecular weight excluding hydrogens is 178 g/mol. The summed E-state index contributed by atoms with van der Waals surface area (Å²) in [5.41, 5.74) is 0.671. The Morgan fingerprint density at radius 3 is 2.77 bits per heavy atom. The lowest BCUT2D eigenvalue weighted by Gasteiger charge is -2.58. The van der Waals surface area contributed by atoms with Crippen LogP contribution < -0.4 is 0 Å². The zero-order valence-electron chi connectivity index (χ0n) is 7.83. The van der Waals surface area contributed by atoms with Crippen LogP contribution in [0.3, 0.4) is 0 Å². The SMILES string of the molecule is c1csc(CN2CCC23CCC3)c1. The van der Waals surface area contributed by atoms with Crippen LogP contribution in [0, 0.1) is 0 Å². The van der Waals surface area contributed by atoms with Gasteiger partial charge in [0, 0.05) is 23.5 Å². The zero-order valence-corrected chi connectivity index (χ0v) is 8.65. The summed E-state index contributed by atoms with van der Waals surface area (Å²) in [7, 11) is 0. The zero-order chi connectivity index (χ0) is 8.73. The van der Waals surface area contributed by atoms with E-state index in [2.05, 4.69) is 22.4 Å². The quantitative estimate of drug-likeness (QED) is 0.698. The summed E-state index contributed by atoms with van der Waals surface area (Å²) in [5, 5.41) is 2.18. The van der Waals surface area contributed by atoms with Crippen molar-refractivity contribution in [3.63, 3.8) is 0 Å². The highest BCUT2D eigenvalue weighted by atomic mass is 32.1. The van der Waals surface area contributed by atoms with Crippen LogP contribution >= 0.6 is 11.3 Å². The summed E-state index contributed by atoms with van der Waals surface area (Å²) in [4.78, 5) is 4.22. The van der Waals surface area contributed by atoms with E-state index in [-0.39, 0.29) is 0 Å². The molecule has 0 radical (unpaired) electrons. The smallest absolute Gasteiger partial charge is 0.0333 e. The lowest BCUT2D eigenvalue weighted by molar-refractivity contribution is -0.0782. The van der Waals surface area contributed by atoms with Crippen molar-refractivity contribution >= 4 is 11.3 Å². The Kier molecular flexibility index (Phi) is 1.74. The van der Waals surface area contributed by atoms with Crippen molar-refractivity contribution in [2.45, 2.75) is 37.8 Å². The normalized spacial score (nSPS) is 25.5. The van der Waals surface area contributed by atoms with E-state index in [0.29, 0.717) is 5.54 Å². The number of likely N-dealkylation sites (tertiary alicyclic amines) is 1. The topological polar surface area (TPSA) is 3.24 Å². The molecule has 0 bridgehead atoms. The molecule has 1 aliphatic carbocycles. The average molecular weight is 193 g/mol. The first-order valence-corrected chi connectivity index (χ1v) is 6.05. The average Bonchev–Trinajstić information content (AvgIpc) is 2.47. The molecule has 1 saturated heterocycles. The number of thiophene rings is 1. The van der Waals surface area contributed by atoms with Gasteiger partial charge < -0.3 is 0 Å².